The molecule has 1 aromatic rings. The number of rotatable bonds is 3. The summed E-state index contributed by atoms with van der Waals surface area (Å²) in [6.45, 7) is 7.17. The number of nitrogens with zero attached hydrogens (tertiary/aromatic N) is 2. The quantitative estimate of drug-likeness (QED) is 0.733. The molecule has 2 heterocycles. The van der Waals surface area contributed by atoms with Crippen LogP contribution in [0.15, 0.2) is 18.3 Å². The van der Waals surface area contributed by atoms with E-state index in [4.69, 9.17) is 4.74 Å². The molecule has 1 aliphatic rings. The molecule has 0 spiro atoms. The summed E-state index contributed by atoms with van der Waals surface area (Å²) < 4.78 is 6.74. The van der Waals surface area contributed by atoms with E-state index in [1.165, 1.54) is 3.71 Å². The molecule has 1 amide bonds. The van der Waals surface area contributed by atoms with Gasteiger partial charge in [-0.15, -0.1) is 0 Å². The number of amides is 1. The molecular formula is C18H31N3O2Sn. The molecule has 1 saturated heterocycles. The Morgan fingerprint density at radius 3 is 2.33 bits per heavy atom. The molecule has 0 aliphatic carbocycles. The first-order valence-electron chi connectivity index (χ1n) is 8.75. The van der Waals surface area contributed by atoms with E-state index in [2.05, 4.69) is 37.3 Å². The summed E-state index contributed by atoms with van der Waals surface area (Å²) in [7, 11) is 0. The monoisotopic (exact) mass is 441 g/mol. The molecule has 134 valence electrons. The third-order valence-corrected chi connectivity index (χ3v) is 9.28. The fourth-order valence-corrected chi connectivity index (χ4v) is 5.65. The Labute approximate surface area is 150 Å². The van der Waals surface area contributed by atoms with E-state index in [0.29, 0.717) is 6.04 Å². The number of pyridine rings is 1. The van der Waals surface area contributed by atoms with E-state index in [0.717, 1.165) is 31.6 Å². The van der Waals surface area contributed by atoms with Crippen LogP contribution in [0.1, 0.15) is 33.6 Å². The second-order valence-electron chi connectivity index (χ2n) is 8.57. The number of piperidine rings is 1. The van der Waals surface area contributed by atoms with Crippen molar-refractivity contribution in [2.75, 3.05) is 18.4 Å². The number of ether oxygens (including phenoxy) is 1. The van der Waals surface area contributed by atoms with E-state index < -0.39 is 24.0 Å². The van der Waals surface area contributed by atoms with Gasteiger partial charge in [0.05, 0.1) is 0 Å². The summed E-state index contributed by atoms with van der Waals surface area (Å²) in [6.07, 6.45) is 3.61. The summed E-state index contributed by atoms with van der Waals surface area (Å²) in [6, 6.07) is 4.70. The number of hydrogen-bond acceptors (Lipinski definition) is 4. The van der Waals surface area contributed by atoms with Crippen LogP contribution >= 0.6 is 0 Å². The Morgan fingerprint density at radius 1 is 1.25 bits per heavy atom. The van der Waals surface area contributed by atoms with Crippen molar-refractivity contribution in [1.29, 1.82) is 0 Å². The predicted molar refractivity (Wildman–Crippen MR) is 102 cm³/mol. The van der Waals surface area contributed by atoms with Gasteiger partial charge in [0.2, 0.25) is 0 Å². The van der Waals surface area contributed by atoms with Gasteiger partial charge < -0.3 is 0 Å². The van der Waals surface area contributed by atoms with Gasteiger partial charge in [0, 0.05) is 0 Å². The Balaban J connectivity index is 1.84. The van der Waals surface area contributed by atoms with Crippen LogP contribution in [0.25, 0.3) is 0 Å². The standard InChI is InChI=1S/C15H22N3O2.3CH3.Sn/c1-15(2,3)20-14(19)18-9-6-12(7-10-18)17-13-5-4-8-16-11-13;;;;/h4-5,11-12,17H,6-7,9-10H2,1-3H3;3*1H3;. The zero-order valence-corrected chi connectivity index (χ0v) is 18.7. The van der Waals surface area contributed by atoms with Crippen molar-refractivity contribution in [3.8, 4) is 0 Å². The first-order valence-corrected chi connectivity index (χ1v) is 18.7. The molecule has 24 heavy (non-hydrogen) atoms. The zero-order chi connectivity index (χ0) is 18.0. The third kappa shape index (κ3) is 5.83. The van der Waals surface area contributed by atoms with E-state index >= 15 is 0 Å². The number of carbonyl (C=O) groups excluding carboxylic acids is 1. The van der Waals surface area contributed by atoms with Gasteiger partial charge in [-0.1, -0.05) is 0 Å². The number of anilines is 1. The maximum absolute atomic E-state index is 12.1. The van der Waals surface area contributed by atoms with Crippen molar-refractivity contribution in [3.05, 3.63) is 18.3 Å². The molecule has 1 N–H and O–H groups in total. The van der Waals surface area contributed by atoms with Crippen LogP contribution < -0.4 is 9.03 Å². The van der Waals surface area contributed by atoms with Crippen molar-refractivity contribution in [1.82, 2.24) is 9.88 Å². The average Bonchev–Trinajstić information content (AvgIpc) is 2.46. The minimum atomic E-state index is -2.07. The molecule has 0 aromatic carbocycles. The second kappa shape index (κ2) is 7.50. The fraction of sp³-hybridized carbons (Fsp3) is 0.667. The SMILES string of the molecule is CC(C)(C)OC(=O)N1CCC(Nc2cc[c]([Sn]([CH3])([CH3])[CH3])nc2)CC1. The molecule has 0 saturated carbocycles. The number of aromatic nitrogens is 1. The zero-order valence-electron chi connectivity index (χ0n) is 15.8. The molecule has 0 atom stereocenters. The molecule has 0 radical (unpaired) electrons. The molecule has 1 fully saturated rings. The number of likely N-dealkylation sites (tertiary alicyclic amines) is 1. The van der Waals surface area contributed by atoms with Gasteiger partial charge in [-0.2, -0.15) is 0 Å². The summed E-state index contributed by atoms with van der Waals surface area (Å²) >= 11 is -2.07. The Kier molecular flexibility index (Phi) is 6.04. The van der Waals surface area contributed by atoms with Crippen molar-refractivity contribution in [2.24, 2.45) is 0 Å². The summed E-state index contributed by atoms with van der Waals surface area (Å²) in [5.74, 6) is 0. The van der Waals surface area contributed by atoms with Gasteiger partial charge in [0.15, 0.2) is 0 Å². The van der Waals surface area contributed by atoms with Crippen LogP contribution in [0.5, 0.6) is 0 Å². The number of carbonyl (C=O) groups is 1. The Morgan fingerprint density at radius 2 is 1.88 bits per heavy atom. The van der Waals surface area contributed by atoms with Gasteiger partial charge in [-0.25, -0.2) is 0 Å². The normalized spacial score (nSPS) is 16.8. The van der Waals surface area contributed by atoms with Crippen LogP contribution in [-0.4, -0.2) is 59.1 Å². The molecular weight excluding hydrogens is 409 g/mol. The molecule has 0 bridgehead atoms. The van der Waals surface area contributed by atoms with Gasteiger partial charge in [-0.05, 0) is 20.8 Å². The summed E-state index contributed by atoms with van der Waals surface area (Å²) in [5.41, 5.74) is 0.641. The molecule has 1 aromatic heterocycles. The van der Waals surface area contributed by atoms with Crippen molar-refractivity contribution < 1.29 is 9.53 Å². The molecule has 6 heteroatoms. The maximum atomic E-state index is 12.1. The predicted octanol–water partition coefficient (Wildman–Crippen LogP) is 3.44. The van der Waals surface area contributed by atoms with Crippen LogP contribution in [0, 0.1) is 0 Å². The topological polar surface area (TPSA) is 54.5 Å². The van der Waals surface area contributed by atoms with Crippen molar-refractivity contribution in [2.45, 2.75) is 60.1 Å². The van der Waals surface area contributed by atoms with Crippen molar-refractivity contribution in [3.63, 3.8) is 0 Å². The Hall–Kier alpha value is -0.981. The van der Waals surface area contributed by atoms with Gasteiger partial charge >= 0.3 is 129 Å². The van der Waals surface area contributed by atoms with Gasteiger partial charge in [-0.3, -0.25) is 0 Å². The first-order chi connectivity index (χ1) is 11.0. The number of nitrogens with one attached hydrogen (secondary N) is 1. The van der Waals surface area contributed by atoms with E-state index in [1.807, 2.05) is 27.0 Å². The van der Waals surface area contributed by atoms with E-state index in [1.54, 1.807) is 4.90 Å². The van der Waals surface area contributed by atoms with Crippen molar-refractivity contribution >= 4 is 33.9 Å². The van der Waals surface area contributed by atoms with Crippen LogP contribution in [-0.2, 0) is 4.74 Å². The molecule has 5 nitrogen and oxygen atoms in total. The Bertz CT molecular complexity index is 553. The van der Waals surface area contributed by atoms with Crippen LogP contribution in [0.2, 0.25) is 14.8 Å². The molecule has 2 rings (SSSR count). The second-order valence-corrected chi connectivity index (χ2v) is 22.9. The summed E-state index contributed by atoms with van der Waals surface area (Å²) in [5, 5.41) is 3.55. The van der Waals surface area contributed by atoms with Gasteiger partial charge in [0.1, 0.15) is 0 Å². The van der Waals surface area contributed by atoms with E-state index in [9.17, 15) is 4.79 Å². The molecule has 1 aliphatic heterocycles. The summed E-state index contributed by atoms with van der Waals surface area (Å²) in [4.78, 5) is 25.7. The average molecular weight is 440 g/mol. The first kappa shape index (κ1) is 19.3. The molecule has 0 unspecified atom stereocenters. The minimum absolute atomic E-state index is 0.204. The van der Waals surface area contributed by atoms with Gasteiger partial charge in [0.25, 0.3) is 0 Å². The number of hydrogen-bond donors (Lipinski definition) is 1. The van der Waals surface area contributed by atoms with Crippen LogP contribution in [0.3, 0.4) is 0 Å². The third-order valence-electron chi connectivity index (χ3n) is 4.05. The van der Waals surface area contributed by atoms with Crippen LogP contribution in [0.4, 0.5) is 10.5 Å². The van der Waals surface area contributed by atoms with E-state index in [-0.39, 0.29) is 6.09 Å². The fourth-order valence-electron chi connectivity index (χ4n) is 2.69.